The van der Waals surface area contributed by atoms with Crippen LogP contribution in [-0.4, -0.2) is 59.5 Å². The maximum atomic E-state index is 12.5. The first kappa shape index (κ1) is 21.5. The molecule has 2 aromatic heterocycles. The number of fused-ring (bicyclic) bond motifs is 1. The molecule has 1 aliphatic rings. The number of rotatable bonds is 5. The van der Waals surface area contributed by atoms with Crippen molar-refractivity contribution in [3.63, 3.8) is 0 Å². The second-order valence-electron chi connectivity index (χ2n) is 7.70. The molecular weight excluding hydrogens is 436 g/mol. The van der Waals surface area contributed by atoms with E-state index < -0.39 is 11.5 Å². The minimum Gasteiger partial charge on any atom is -0.465 e. The fourth-order valence-corrected chi connectivity index (χ4v) is 3.81. The molecule has 172 valence electrons. The van der Waals surface area contributed by atoms with Crippen LogP contribution in [0.1, 0.15) is 10.4 Å². The SMILES string of the molecule is COC(=O)c1ccc(-c2nc(Nc3ccc(N4CCOCC4)cc3)c3c(=O)[nH]ncc3n2)cc1. The lowest BCUT2D eigenvalue weighted by molar-refractivity contribution is 0.0600. The van der Waals surface area contributed by atoms with Crippen LogP contribution in [0.15, 0.2) is 59.5 Å². The highest BCUT2D eigenvalue weighted by atomic mass is 16.5. The minimum atomic E-state index is -0.426. The van der Waals surface area contributed by atoms with Gasteiger partial charge in [-0.1, -0.05) is 12.1 Å². The van der Waals surface area contributed by atoms with Crippen LogP contribution in [-0.2, 0) is 9.47 Å². The number of benzene rings is 2. The summed E-state index contributed by atoms with van der Waals surface area (Å²) in [6.45, 7) is 3.13. The molecule has 0 amide bonds. The van der Waals surface area contributed by atoms with Gasteiger partial charge in [0, 0.05) is 30.0 Å². The van der Waals surface area contributed by atoms with Crippen LogP contribution in [0.25, 0.3) is 22.3 Å². The zero-order chi connectivity index (χ0) is 23.5. The quantitative estimate of drug-likeness (QED) is 0.435. The molecule has 10 heteroatoms. The molecule has 0 spiro atoms. The fraction of sp³-hybridized carbons (Fsp3) is 0.208. The van der Waals surface area contributed by atoms with Crippen molar-refractivity contribution in [2.45, 2.75) is 0 Å². The van der Waals surface area contributed by atoms with Crippen molar-refractivity contribution in [3.05, 3.63) is 70.6 Å². The Morgan fingerprint density at radius 2 is 1.79 bits per heavy atom. The minimum absolute atomic E-state index is 0.308. The third-order valence-corrected chi connectivity index (χ3v) is 5.59. The molecule has 0 atom stereocenters. The van der Waals surface area contributed by atoms with E-state index >= 15 is 0 Å². The Morgan fingerprint density at radius 3 is 2.50 bits per heavy atom. The van der Waals surface area contributed by atoms with E-state index in [0.717, 1.165) is 24.5 Å². The van der Waals surface area contributed by atoms with Gasteiger partial charge in [-0.2, -0.15) is 5.10 Å². The predicted octanol–water partition coefficient (Wildman–Crippen LogP) is 2.75. The van der Waals surface area contributed by atoms with Crippen molar-refractivity contribution in [2.24, 2.45) is 0 Å². The smallest absolute Gasteiger partial charge is 0.337 e. The van der Waals surface area contributed by atoms with Crippen LogP contribution < -0.4 is 15.8 Å². The van der Waals surface area contributed by atoms with E-state index in [1.807, 2.05) is 24.3 Å². The van der Waals surface area contributed by atoms with Crippen molar-refractivity contribution < 1.29 is 14.3 Å². The number of nitrogens with one attached hydrogen (secondary N) is 2. The molecule has 4 aromatic rings. The second-order valence-corrected chi connectivity index (χ2v) is 7.70. The molecule has 0 aliphatic carbocycles. The summed E-state index contributed by atoms with van der Waals surface area (Å²) in [7, 11) is 1.33. The van der Waals surface area contributed by atoms with Crippen LogP contribution in [0.3, 0.4) is 0 Å². The first-order valence-corrected chi connectivity index (χ1v) is 10.8. The van der Waals surface area contributed by atoms with Gasteiger partial charge < -0.3 is 19.7 Å². The Bertz CT molecular complexity index is 1380. The number of carbonyl (C=O) groups is 1. The topological polar surface area (TPSA) is 122 Å². The Kier molecular flexibility index (Phi) is 5.88. The van der Waals surface area contributed by atoms with Crippen LogP contribution in [0.4, 0.5) is 17.2 Å². The second kappa shape index (κ2) is 9.28. The van der Waals surface area contributed by atoms with Crippen LogP contribution >= 0.6 is 0 Å². The van der Waals surface area contributed by atoms with Crippen molar-refractivity contribution >= 4 is 34.1 Å². The van der Waals surface area contributed by atoms with E-state index in [1.165, 1.54) is 13.3 Å². The maximum absolute atomic E-state index is 12.5. The van der Waals surface area contributed by atoms with Crippen molar-refractivity contribution in [2.75, 3.05) is 43.6 Å². The molecule has 3 heterocycles. The van der Waals surface area contributed by atoms with E-state index in [0.29, 0.717) is 46.9 Å². The molecule has 2 aromatic carbocycles. The van der Waals surface area contributed by atoms with Gasteiger partial charge in [0.25, 0.3) is 5.56 Å². The average molecular weight is 458 g/mol. The highest BCUT2D eigenvalue weighted by Crippen LogP contribution is 2.26. The Labute approximate surface area is 194 Å². The summed E-state index contributed by atoms with van der Waals surface area (Å²) < 4.78 is 10.2. The predicted molar refractivity (Wildman–Crippen MR) is 127 cm³/mol. The van der Waals surface area contributed by atoms with Crippen LogP contribution in [0.5, 0.6) is 0 Å². The lowest BCUT2D eigenvalue weighted by atomic mass is 10.1. The number of H-pyrrole nitrogens is 1. The first-order valence-electron chi connectivity index (χ1n) is 10.8. The number of hydrogen-bond acceptors (Lipinski definition) is 9. The zero-order valence-electron chi connectivity index (χ0n) is 18.4. The highest BCUT2D eigenvalue weighted by molar-refractivity contribution is 5.92. The molecular formula is C24H22N6O4. The number of nitrogens with zero attached hydrogens (tertiary/aromatic N) is 4. The summed E-state index contributed by atoms with van der Waals surface area (Å²) in [5.41, 5.74) is 3.00. The number of morpholine rings is 1. The number of methoxy groups -OCH3 is 1. The molecule has 2 N–H and O–H groups in total. The monoisotopic (exact) mass is 458 g/mol. The molecule has 5 rings (SSSR count). The third kappa shape index (κ3) is 4.30. The van der Waals surface area contributed by atoms with Gasteiger partial charge in [0.1, 0.15) is 16.7 Å². The lowest BCUT2D eigenvalue weighted by Gasteiger charge is -2.28. The highest BCUT2D eigenvalue weighted by Gasteiger charge is 2.15. The van der Waals surface area contributed by atoms with Gasteiger partial charge >= 0.3 is 5.97 Å². The molecule has 1 aliphatic heterocycles. The van der Waals surface area contributed by atoms with E-state index in [1.54, 1.807) is 24.3 Å². The largest absolute Gasteiger partial charge is 0.465 e. The van der Waals surface area contributed by atoms with E-state index in [9.17, 15) is 9.59 Å². The fourth-order valence-electron chi connectivity index (χ4n) is 3.81. The molecule has 1 saturated heterocycles. The number of hydrogen-bond donors (Lipinski definition) is 2. The molecule has 0 saturated carbocycles. The van der Waals surface area contributed by atoms with Crippen molar-refractivity contribution in [3.8, 4) is 11.4 Å². The van der Waals surface area contributed by atoms with Gasteiger partial charge in [0.2, 0.25) is 0 Å². The molecule has 10 nitrogen and oxygen atoms in total. The van der Waals surface area contributed by atoms with Gasteiger partial charge in [-0.25, -0.2) is 19.9 Å². The summed E-state index contributed by atoms with van der Waals surface area (Å²) in [6, 6.07) is 14.7. The zero-order valence-corrected chi connectivity index (χ0v) is 18.4. The van der Waals surface area contributed by atoms with Crippen LogP contribution in [0.2, 0.25) is 0 Å². The van der Waals surface area contributed by atoms with Gasteiger partial charge in [-0.05, 0) is 36.4 Å². The Morgan fingerprint density at radius 1 is 1.06 bits per heavy atom. The lowest BCUT2D eigenvalue weighted by Crippen LogP contribution is -2.36. The van der Waals surface area contributed by atoms with E-state index in [-0.39, 0.29) is 0 Å². The molecule has 0 unspecified atom stereocenters. The summed E-state index contributed by atoms with van der Waals surface area (Å²) in [4.78, 5) is 35.7. The van der Waals surface area contributed by atoms with Gasteiger partial charge in [-0.15, -0.1) is 0 Å². The Balaban J connectivity index is 1.50. The molecule has 0 radical (unpaired) electrons. The number of anilines is 3. The summed E-state index contributed by atoms with van der Waals surface area (Å²) in [6.07, 6.45) is 1.48. The first-order chi connectivity index (χ1) is 16.6. The third-order valence-electron chi connectivity index (χ3n) is 5.59. The standard InChI is InChI=1S/C24H22N6O4/c1-33-24(32)16-4-2-15(3-5-16)21-27-19-14-25-29-23(31)20(19)22(28-21)26-17-6-8-18(9-7-17)30-10-12-34-13-11-30/h2-9,14H,10-13H2,1H3,(H,29,31)(H,26,27,28). The number of aromatic nitrogens is 4. The summed E-state index contributed by atoms with van der Waals surface area (Å²) >= 11 is 0. The molecule has 0 bridgehead atoms. The van der Waals surface area contributed by atoms with Gasteiger partial charge in [0.05, 0.1) is 32.1 Å². The number of ether oxygens (including phenoxy) is 2. The van der Waals surface area contributed by atoms with E-state index in [4.69, 9.17) is 9.47 Å². The number of aromatic amines is 1. The van der Waals surface area contributed by atoms with Crippen molar-refractivity contribution in [1.82, 2.24) is 20.2 Å². The number of carbonyl (C=O) groups excluding carboxylic acids is 1. The average Bonchev–Trinajstić information content (AvgIpc) is 2.89. The van der Waals surface area contributed by atoms with Crippen molar-refractivity contribution in [1.29, 1.82) is 0 Å². The maximum Gasteiger partial charge on any atom is 0.337 e. The summed E-state index contributed by atoms with van der Waals surface area (Å²) in [5.74, 6) is 0.327. The molecule has 34 heavy (non-hydrogen) atoms. The van der Waals surface area contributed by atoms with E-state index in [2.05, 4.69) is 30.4 Å². The number of esters is 1. The Hall–Kier alpha value is -4.31. The van der Waals surface area contributed by atoms with Gasteiger partial charge in [0.15, 0.2) is 5.82 Å². The van der Waals surface area contributed by atoms with Crippen LogP contribution in [0, 0.1) is 0 Å². The van der Waals surface area contributed by atoms with Gasteiger partial charge in [-0.3, -0.25) is 4.79 Å². The summed E-state index contributed by atoms with van der Waals surface area (Å²) in [5, 5.41) is 9.88. The molecule has 1 fully saturated rings. The normalized spacial score (nSPS) is 13.6.